The summed E-state index contributed by atoms with van der Waals surface area (Å²) in [5.41, 5.74) is 1.40. The zero-order chi connectivity index (χ0) is 23.7. The van der Waals surface area contributed by atoms with E-state index in [1.807, 2.05) is 37.3 Å². The van der Waals surface area contributed by atoms with Gasteiger partial charge in [0.15, 0.2) is 17.4 Å². The van der Waals surface area contributed by atoms with E-state index >= 15 is 0 Å². The summed E-state index contributed by atoms with van der Waals surface area (Å²) in [4.78, 5) is 14.5. The van der Waals surface area contributed by atoms with Gasteiger partial charge in [0.1, 0.15) is 18.2 Å². The maximum atomic E-state index is 14.6. The standard InChI is InChI=1S/C25H27F2N5O2/c1-2-22-29-30-23-14-31(8-9-32(22)23)24(33)13-28-21-12-18(21)19-10-17(26)11-20(27)25(19)34-15-16-6-4-3-5-7-16/h3-7,10-11,18,21,28H,2,8-9,12-15H2,1H3/t18-,21+/m0/s1. The average molecular weight is 468 g/mol. The fourth-order valence-corrected chi connectivity index (χ4v) is 4.52. The third-order valence-corrected chi connectivity index (χ3v) is 6.47. The Morgan fingerprint density at radius 3 is 2.79 bits per heavy atom. The molecular formula is C25H27F2N5O2. The summed E-state index contributed by atoms with van der Waals surface area (Å²) in [6.07, 6.45) is 1.50. The van der Waals surface area contributed by atoms with Crippen LogP contribution in [0.25, 0.3) is 0 Å². The first-order valence-corrected chi connectivity index (χ1v) is 11.6. The molecule has 2 aliphatic rings. The molecule has 1 aliphatic carbocycles. The molecule has 2 heterocycles. The average Bonchev–Trinajstić information content (AvgIpc) is 3.51. The van der Waals surface area contributed by atoms with Gasteiger partial charge < -0.3 is 19.5 Å². The molecule has 1 aromatic heterocycles. The number of fused-ring (bicyclic) bond motifs is 1. The van der Waals surface area contributed by atoms with E-state index in [4.69, 9.17) is 4.74 Å². The minimum Gasteiger partial charge on any atom is -0.486 e. The van der Waals surface area contributed by atoms with E-state index in [-0.39, 0.29) is 36.8 Å². The van der Waals surface area contributed by atoms with E-state index in [2.05, 4.69) is 20.1 Å². The summed E-state index contributed by atoms with van der Waals surface area (Å²) in [6, 6.07) is 11.6. The fraction of sp³-hybridized carbons (Fsp3) is 0.400. The van der Waals surface area contributed by atoms with Crippen LogP contribution in [0.3, 0.4) is 0 Å². The highest BCUT2D eigenvalue weighted by Crippen LogP contribution is 2.46. The predicted octanol–water partition coefficient (Wildman–Crippen LogP) is 3.19. The number of amides is 1. The molecule has 2 atom stereocenters. The van der Waals surface area contributed by atoms with Crippen molar-refractivity contribution in [3.05, 3.63) is 76.9 Å². The smallest absolute Gasteiger partial charge is 0.237 e. The Bertz CT molecular complexity index is 1180. The third-order valence-electron chi connectivity index (χ3n) is 6.47. The van der Waals surface area contributed by atoms with Crippen molar-refractivity contribution in [2.75, 3.05) is 13.1 Å². The van der Waals surface area contributed by atoms with Crippen molar-refractivity contribution in [2.45, 2.75) is 51.4 Å². The van der Waals surface area contributed by atoms with Gasteiger partial charge in [-0.3, -0.25) is 4.79 Å². The van der Waals surface area contributed by atoms with Gasteiger partial charge in [0, 0.05) is 43.1 Å². The maximum absolute atomic E-state index is 14.6. The molecule has 0 spiro atoms. The highest BCUT2D eigenvalue weighted by Gasteiger charge is 2.41. The molecule has 3 aromatic rings. The van der Waals surface area contributed by atoms with Crippen molar-refractivity contribution in [1.29, 1.82) is 0 Å². The van der Waals surface area contributed by atoms with Crippen LogP contribution in [0, 0.1) is 11.6 Å². The number of hydrogen-bond acceptors (Lipinski definition) is 5. The number of aryl methyl sites for hydroxylation is 1. The van der Waals surface area contributed by atoms with Crippen LogP contribution in [0.15, 0.2) is 42.5 Å². The molecular weight excluding hydrogens is 440 g/mol. The Labute approximate surface area is 196 Å². The number of hydrogen-bond donors (Lipinski definition) is 1. The Balaban J connectivity index is 1.19. The van der Waals surface area contributed by atoms with Gasteiger partial charge >= 0.3 is 0 Å². The number of ether oxygens (including phenoxy) is 1. The maximum Gasteiger partial charge on any atom is 0.237 e. The van der Waals surface area contributed by atoms with Crippen LogP contribution in [0.2, 0.25) is 0 Å². The number of aromatic nitrogens is 3. The van der Waals surface area contributed by atoms with Crippen LogP contribution in [-0.4, -0.2) is 44.7 Å². The molecule has 2 aromatic carbocycles. The fourth-order valence-electron chi connectivity index (χ4n) is 4.52. The summed E-state index contributed by atoms with van der Waals surface area (Å²) < 4.78 is 36.4. The Hall–Kier alpha value is -3.33. The van der Waals surface area contributed by atoms with Crippen molar-refractivity contribution in [1.82, 2.24) is 25.0 Å². The lowest BCUT2D eigenvalue weighted by Gasteiger charge is -2.28. The van der Waals surface area contributed by atoms with Crippen molar-refractivity contribution in [3.8, 4) is 5.75 Å². The summed E-state index contributed by atoms with van der Waals surface area (Å²) in [6.45, 7) is 4.13. The van der Waals surface area contributed by atoms with Crippen molar-refractivity contribution < 1.29 is 18.3 Å². The first-order valence-electron chi connectivity index (χ1n) is 11.6. The molecule has 1 amide bonds. The van der Waals surface area contributed by atoms with Gasteiger partial charge in [-0.1, -0.05) is 37.3 Å². The first kappa shape index (κ1) is 22.5. The molecule has 1 N–H and O–H groups in total. The van der Waals surface area contributed by atoms with Crippen LogP contribution in [0.5, 0.6) is 5.75 Å². The van der Waals surface area contributed by atoms with Gasteiger partial charge in [-0.2, -0.15) is 0 Å². The SMILES string of the molecule is CCc1nnc2n1CCN(C(=O)CN[C@@H]1C[C@H]1c1cc(F)cc(F)c1OCc1ccccc1)C2. The molecule has 0 radical (unpaired) electrons. The van der Waals surface area contributed by atoms with Gasteiger partial charge in [-0.15, -0.1) is 10.2 Å². The quantitative estimate of drug-likeness (QED) is 0.551. The number of nitrogens with one attached hydrogen (secondary N) is 1. The van der Waals surface area contributed by atoms with Crippen molar-refractivity contribution in [3.63, 3.8) is 0 Å². The second-order valence-corrected chi connectivity index (χ2v) is 8.76. The Morgan fingerprint density at radius 2 is 2.00 bits per heavy atom. The van der Waals surface area contributed by atoms with Gasteiger partial charge in [0.2, 0.25) is 5.91 Å². The lowest BCUT2D eigenvalue weighted by atomic mass is 10.1. The molecule has 0 bridgehead atoms. The minimum atomic E-state index is -0.712. The zero-order valence-electron chi connectivity index (χ0n) is 19.0. The number of halogens is 2. The number of nitrogens with zero attached hydrogens (tertiary/aromatic N) is 4. The predicted molar refractivity (Wildman–Crippen MR) is 121 cm³/mol. The van der Waals surface area contributed by atoms with E-state index in [1.54, 1.807) is 4.90 Å². The molecule has 1 saturated carbocycles. The van der Waals surface area contributed by atoms with Crippen LogP contribution in [0.4, 0.5) is 8.78 Å². The normalized spacial score (nSPS) is 19.1. The molecule has 7 nitrogen and oxygen atoms in total. The molecule has 9 heteroatoms. The molecule has 1 fully saturated rings. The van der Waals surface area contributed by atoms with Crippen LogP contribution < -0.4 is 10.1 Å². The summed E-state index contributed by atoms with van der Waals surface area (Å²) in [5.74, 6) is 0.337. The molecule has 0 unspecified atom stereocenters. The Morgan fingerprint density at radius 1 is 1.18 bits per heavy atom. The number of carbonyl (C=O) groups excluding carboxylic acids is 1. The molecule has 0 saturated heterocycles. The molecule has 5 rings (SSSR count). The second kappa shape index (κ2) is 9.50. The van der Waals surface area contributed by atoms with Gasteiger partial charge in [0.25, 0.3) is 0 Å². The van der Waals surface area contributed by atoms with Crippen LogP contribution in [0.1, 0.15) is 42.0 Å². The lowest BCUT2D eigenvalue weighted by Crippen LogP contribution is -2.43. The van der Waals surface area contributed by atoms with Gasteiger partial charge in [-0.05, 0) is 18.1 Å². The largest absolute Gasteiger partial charge is 0.486 e. The monoisotopic (exact) mass is 467 g/mol. The van der Waals surface area contributed by atoms with E-state index in [0.29, 0.717) is 31.6 Å². The van der Waals surface area contributed by atoms with E-state index in [9.17, 15) is 13.6 Å². The molecule has 178 valence electrons. The highest BCUT2D eigenvalue weighted by molar-refractivity contribution is 5.78. The zero-order valence-corrected chi connectivity index (χ0v) is 19.0. The minimum absolute atomic E-state index is 0.0241. The topological polar surface area (TPSA) is 72.3 Å². The van der Waals surface area contributed by atoms with Crippen LogP contribution >= 0.6 is 0 Å². The molecule has 1 aliphatic heterocycles. The third kappa shape index (κ3) is 4.65. The first-order chi connectivity index (χ1) is 16.5. The second-order valence-electron chi connectivity index (χ2n) is 8.76. The van der Waals surface area contributed by atoms with Crippen molar-refractivity contribution >= 4 is 5.91 Å². The number of benzene rings is 2. The van der Waals surface area contributed by atoms with E-state index in [1.165, 1.54) is 6.07 Å². The summed E-state index contributed by atoms with van der Waals surface area (Å²) in [7, 11) is 0. The number of rotatable bonds is 8. The van der Waals surface area contributed by atoms with Crippen LogP contribution in [-0.2, 0) is 30.9 Å². The van der Waals surface area contributed by atoms with Gasteiger partial charge in [0.05, 0.1) is 13.1 Å². The van der Waals surface area contributed by atoms with E-state index in [0.717, 1.165) is 29.7 Å². The van der Waals surface area contributed by atoms with Crippen molar-refractivity contribution in [2.24, 2.45) is 0 Å². The summed E-state index contributed by atoms with van der Waals surface area (Å²) >= 11 is 0. The van der Waals surface area contributed by atoms with Gasteiger partial charge in [-0.25, -0.2) is 8.78 Å². The number of carbonyl (C=O) groups is 1. The Kier molecular flexibility index (Phi) is 6.28. The lowest BCUT2D eigenvalue weighted by molar-refractivity contribution is -0.131. The highest BCUT2D eigenvalue weighted by atomic mass is 19.1. The summed E-state index contributed by atoms with van der Waals surface area (Å²) in [5, 5.41) is 11.6. The van der Waals surface area contributed by atoms with E-state index < -0.39 is 11.6 Å². The molecule has 34 heavy (non-hydrogen) atoms.